The number of ether oxygens (including phenoxy) is 2. The van der Waals surface area contributed by atoms with Crippen molar-refractivity contribution >= 4 is 40.0 Å². The van der Waals surface area contributed by atoms with E-state index >= 15 is 0 Å². The second kappa shape index (κ2) is 6.58. The number of benzene rings is 1. The molecule has 2 aromatic heterocycles. The van der Waals surface area contributed by atoms with Gasteiger partial charge in [-0.25, -0.2) is 4.79 Å². The number of halogens is 1. The number of aromatic nitrogens is 2. The van der Waals surface area contributed by atoms with Gasteiger partial charge in [0.05, 0.1) is 12.1 Å². The number of aromatic amines is 1. The highest BCUT2D eigenvalue weighted by Crippen LogP contribution is 2.37. The monoisotopic (exact) mass is 331 g/mol. The third kappa shape index (κ3) is 3.37. The fraction of sp³-hybridized carbons (Fsp3) is 0.125. The number of nitrogens with zero attached hydrogens (tertiary/aromatic N) is 1. The number of hydrogen-bond acceptors (Lipinski definition) is 5. The lowest BCUT2D eigenvalue weighted by molar-refractivity contribution is 0.103. The molecule has 0 atom stereocenters. The lowest BCUT2D eigenvalue weighted by atomic mass is 10.2. The van der Waals surface area contributed by atoms with Crippen molar-refractivity contribution in [2.45, 2.75) is 6.92 Å². The van der Waals surface area contributed by atoms with Crippen LogP contribution in [0.3, 0.4) is 0 Å². The molecule has 0 aliphatic heterocycles. The first-order chi connectivity index (χ1) is 11.2. The topological polar surface area (TPSA) is 76.2 Å². The molecule has 0 radical (unpaired) electrons. The second-order valence-electron chi connectivity index (χ2n) is 4.66. The van der Waals surface area contributed by atoms with Crippen molar-refractivity contribution in [2.24, 2.45) is 0 Å². The Morgan fingerprint density at radius 1 is 1.30 bits per heavy atom. The summed E-state index contributed by atoms with van der Waals surface area (Å²) in [4.78, 5) is 18.6. The van der Waals surface area contributed by atoms with Crippen molar-refractivity contribution < 1.29 is 14.3 Å². The minimum absolute atomic E-state index is 0.234. The lowest BCUT2D eigenvalue weighted by Gasteiger charge is -2.08. The molecular weight excluding hydrogens is 318 g/mol. The van der Waals surface area contributed by atoms with Gasteiger partial charge in [0.2, 0.25) is 5.88 Å². The molecule has 0 saturated carbocycles. The first-order valence-corrected chi connectivity index (χ1v) is 7.38. The summed E-state index contributed by atoms with van der Waals surface area (Å²) in [7, 11) is 0. The molecular formula is C16H14ClN3O3. The Balaban J connectivity index is 2.03. The van der Waals surface area contributed by atoms with E-state index < -0.39 is 6.16 Å². The van der Waals surface area contributed by atoms with Crippen molar-refractivity contribution in [3.8, 4) is 5.88 Å². The number of pyridine rings is 1. The van der Waals surface area contributed by atoms with Crippen LogP contribution in [0.1, 0.15) is 6.92 Å². The number of anilines is 2. The van der Waals surface area contributed by atoms with Crippen molar-refractivity contribution in [3.63, 3.8) is 0 Å². The number of carbonyl (C=O) groups excluding carboxylic acids is 1. The molecule has 0 amide bonds. The van der Waals surface area contributed by atoms with Crippen LogP contribution in [0, 0.1) is 0 Å². The van der Waals surface area contributed by atoms with Gasteiger partial charge in [0, 0.05) is 28.5 Å². The van der Waals surface area contributed by atoms with Crippen LogP contribution in [0.15, 0.2) is 42.7 Å². The number of carbonyl (C=O) groups is 1. The van der Waals surface area contributed by atoms with E-state index in [1.165, 1.54) is 0 Å². The zero-order chi connectivity index (χ0) is 16.2. The molecule has 2 N–H and O–H groups in total. The molecule has 3 rings (SSSR count). The number of rotatable bonds is 4. The summed E-state index contributed by atoms with van der Waals surface area (Å²) in [6, 6.07) is 8.96. The van der Waals surface area contributed by atoms with Gasteiger partial charge in [-0.15, -0.1) is 0 Å². The Labute approximate surface area is 137 Å². The van der Waals surface area contributed by atoms with Crippen molar-refractivity contribution in [1.82, 2.24) is 9.97 Å². The average molecular weight is 332 g/mol. The molecule has 1 aromatic carbocycles. The molecule has 0 saturated heterocycles. The SMILES string of the molecule is CCOC(=O)Oc1[nH]c2ccc(Cl)cc2c1Nc1ccncc1. The predicted molar refractivity (Wildman–Crippen MR) is 88.5 cm³/mol. The van der Waals surface area contributed by atoms with Crippen molar-refractivity contribution in [3.05, 3.63) is 47.7 Å². The number of H-pyrrole nitrogens is 1. The van der Waals surface area contributed by atoms with Crippen LogP contribution in [0.5, 0.6) is 5.88 Å². The van der Waals surface area contributed by atoms with E-state index in [1.807, 2.05) is 6.07 Å². The van der Waals surface area contributed by atoms with Crippen LogP contribution in [0.25, 0.3) is 10.9 Å². The fourth-order valence-electron chi connectivity index (χ4n) is 2.15. The second-order valence-corrected chi connectivity index (χ2v) is 5.10. The van der Waals surface area contributed by atoms with E-state index in [2.05, 4.69) is 15.3 Å². The predicted octanol–water partition coefficient (Wildman–Crippen LogP) is 4.50. The molecule has 0 unspecified atom stereocenters. The molecule has 0 spiro atoms. The normalized spacial score (nSPS) is 10.5. The highest BCUT2D eigenvalue weighted by Gasteiger charge is 2.17. The van der Waals surface area contributed by atoms with Crippen LogP contribution in [0.2, 0.25) is 5.02 Å². The average Bonchev–Trinajstić information content (AvgIpc) is 2.86. The zero-order valence-electron chi connectivity index (χ0n) is 12.3. The molecule has 0 aliphatic carbocycles. The number of hydrogen-bond donors (Lipinski definition) is 2. The maximum atomic E-state index is 11.6. The first-order valence-electron chi connectivity index (χ1n) is 7.00. The third-order valence-electron chi connectivity index (χ3n) is 3.12. The van der Waals surface area contributed by atoms with E-state index in [1.54, 1.807) is 43.6 Å². The van der Waals surface area contributed by atoms with Crippen molar-refractivity contribution in [1.29, 1.82) is 0 Å². The highest BCUT2D eigenvalue weighted by molar-refractivity contribution is 6.31. The highest BCUT2D eigenvalue weighted by atomic mass is 35.5. The Morgan fingerprint density at radius 3 is 2.83 bits per heavy atom. The van der Waals surface area contributed by atoms with Crippen LogP contribution in [-0.2, 0) is 4.74 Å². The summed E-state index contributed by atoms with van der Waals surface area (Å²) in [6.07, 6.45) is 2.55. The third-order valence-corrected chi connectivity index (χ3v) is 3.36. The molecule has 2 heterocycles. The van der Waals surface area contributed by atoms with Crippen molar-refractivity contribution in [2.75, 3.05) is 11.9 Å². The van der Waals surface area contributed by atoms with Gasteiger partial charge in [-0.1, -0.05) is 11.6 Å². The van der Waals surface area contributed by atoms with Gasteiger partial charge < -0.3 is 19.8 Å². The summed E-state index contributed by atoms with van der Waals surface area (Å²) >= 11 is 6.07. The molecule has 0 fully saturated rings. The minimum Gasteiger partial charge on any atom is -0.434 e. The molecule has 3 aromatic rings. The quantitative estimate of drug-likeness (QED) is 0.688. The van der Waals surface area contributed by atoms with Gasteiger partial charge in [-0.2, -0.15) is 0 Å². The van der Waals surface area contributed by atoms with Gasteiger partial charge >= 0.3 is 6.16 Å². The standard InChI is InChI=1S/C16H14ClN3O3/c1-2-22-16(21)23-15-14(19-11-5-7-18-8-6-11)12-9-10(17)3-4-13(12)20-15/h3-9,20H,2H2,1H3,(H,18,19). The molecule has 23 heavy (non-hydrogen) atoms. The summed E-state index contributed by atoms with van der Waals surface area (Å²) < 4.78 is 10.1. The van der Waals surface area contributed by atoms with Gasteiger partial charge in [-0.3, -0.25) is 4.98 Å². The molecule has 7 heteroatoms. The van der Waals surface area contributed by atoms with Gasteiger partial charge in [0.1, 0.15) is 5.69 Å². The molecule has 6 nitrogen and oxygen atoms in total. The summed E-state index contributed by atoms with van der Waals surface area (Å²) in [5.74, 6) is 0.262. The van der Waals surface area contributed by atoms with Gasteiger partial charge in [0.15, 0.2) is 0 Å². The van der Waals surface area contributed by atoms with E-state index in [9.17, 15) is 4.79 Å². The number of nitrogens with one attached hydrogen (secondary N) is 2. The smallest absolute Gasteiger partial charge is 0.434 e. The van der Waals surface area contributed by atoms with E-state index in [0.717, 1.165) is 16.6 Å². The largest absolute Gasteiger partial charge is 0.515 e. The van der Waals surface area contributed by atoms with Gasteiger partial charge in [0.25, 0.3) is 0 Å². The van der Waals surface area contributed by atoms with Crippen LogP contribution < -0.4 is 10.1 Å². The van der Waals surface area contributed by atoms with Crippen LogP contribution in [0.4, 0.5) is 16.2 Å². The maximum Gasteiger partial charge on any atom is 0.515 e. The van der Waals surface area contributed by atoms with Crippen LogP contribution in [-0.4, -0.2) is 22.7 Å². The van der Waals surface area contributed by atoms with E-state index in [0.29, 0.717) is 10.7 Å². The van der Waals surface area contributed by atoms with E-state index in [4.69, 9.17) is 21.1 Å². The fourth-order valence-corrected chi connectivity index (χ4v) is 2.32. The van der Waals surface area contributed by atoms with Gasteiger partial charge in [-0.05, 0) is 37.3 Å². The summed E-state index contributed by atoms with van der Waals surface area (Å²) in [5.41, 5.74) is 2.18. The Bertz CT molecular complexity index is 833. The molecule has 0 aliphatic rings. The maximum absolute atomic E-state index is 11.6. The first kappa shape index (κ1) is 15.2. The molecule has 118 valence electrons. The Hall–Kier alpha value is -2.73. The summed E-state index contributed by atoms with van der Waals surface area (Å²) in [5, 5.41) is 4.59. The summed E-state index contributed by atoms with van der Waals surface area (Å²) in [6.45, 7) is 1.94. The molecule has 0 bridgehead atoms. The van der Waals surface area contributed by atoms with E-state index in [-0.39, 0.29) is 12.5 Å². The van der Waals surface area contributed by atoms with Crippen LogP contribution >= 0.6 is 11.6 Å². The Morgan fingerprint density at radius 2 is 2.09 bits per heavy atom. The number of fused-ring (bicyclic) bond motifs is 1. The minimum atomic E-state index is -0.775. The Kier molecular flexibility index (Phi) is 4.34. The zero-order valence-corrected chi connectivity index (χ0v) is 13.1. The lowest BCUT2D eigenvalue weighted by Crippen LogP contribution is -2.11.